The summed E-state index contributed by atoms with van der Waals surface area (Å²) in [5.41, 5.74) is 2.05. The lowest BCUT2D eigenvalue weighted by Gasteiger charge is -2.34. The van der Waals surface area contributed by atoms with Crippen LogP contribution in [-0.4, -0.2) is 27.9 Å². The van der Waals surface area contributed by atoms with Crippen LogP contribution < -0.4 is 0 Å². The fourth-order valence-electron chi connectivity index (χ4n) is 2.65. The number of hydrogen-bond donors (Lipinski definition) is 1. The van der Waals surface area contributed by atoms with Crippen LogP contribution in [0.25, 0.3) is 0 Å². The number of terminal acetylenes is 1. The molecule has 4 heteroatoms. The first-order valence-electron chi connectivity index (χ1n) is 7.16. The van der Waals surface area contributed by atoms with Crippen molar-refractivity contribution in [2.24, 2.45) is 0 Å². The van der Waals surface area contributed by atoms with Crippen LogP contribution in [-0.2, 0) is 22.6 Å². The predicted octanol–water partition coefficient (Wildman–Crippen LogP) is 2.22. The molecular weight excluding hydrogens is 266 g/mol. The van der Waals surface area contributed by atoms with E-state index in [4.69, 9.17) is 6.42 Å². The second-order valence-corrected chi connectivity index (χ2v) is 5.26. The van der Waals surface area contributed by atoms with Crippen molar-refractivity contribution < 1.29 is 14.7 Å². The average molecular weight is 285 g/mol. The Balaban J connectivity index is 2.08. The van der Waals surface area contributed by atoms with Gasteiger partial charge in [-0.1, -0.05) is 24.3 Å². The molecule has 110 valence electrons. The second-order valence-electron chi connectivity index (χ2n) is 5.26. The summed E-state index contributed by atoms with van der Waals surface area (Å²) >= 11 is 0. The minimum atomic E-state index is -0.943. The zero-order chi connectivity index (χ0) is 15.2. The molecule has 0 saturated carbocycles. The number of unbranched alkanes of at least 4 members (excludes halogenated alkanes) is 2. The number of benzene rings is 1. The molecule has 1 aliphatic rings. The lowest BCUT2D eigenvalue weighted by Crippen LogP contribution is -2.48. The summed E-state index contributed by atoms with van der Waals surface area (Å²) in [5, 5.41) is 9.37. The van der Waals surface area contributed by atoms with Gasteiger partial charge in [0.05, 0.1) is 0 Å². The number of amides is 1. The van der Waals surface area contributed by atoms with Crippen molar-refractivity contribution >= 4 is 11.9 Å². The van der Waals surface area contributed by atoms with Crippen LogP contribution in [0.1, 0.15) is 36.8 Å². The standard InChI is InChI=1S/C17H19NO3/c1-2-3-4-5-10-16(19)18-12-14-9-7-6-8-13(14)11-15(18)17(20)21/h1,6-9,15H,3-5,10-12H2,(H,20,21)/t15-/m1/s1. The van der Waals surface area contributed by atoms with Crippen LogP contribution in [0.4, 0.5) is 0 Å². The van der Waals surface area contributed by atoms with Crippen molar-refractivity contribution in [3.8, 4) is 12.3 Å². The van der Waals surface area contributed by atoms with Gasteiger partial charge >= 0.3 is 5.97 Å². The molecule has 4 nitrogen and oxygen atoms in total. The molecule has 1 aromatic rings. The van der Waals surface area contributed by atoms with Crippen LogP contribution in [0.15, 0.2) is 24.3 Å². The van der Waals surface area contributed by atoms with Gasteiger partial charge in [0.25, 0.3) is 0 Å². The average Bonchev–Trinajstić information content (AvgIpc) is 2.50. The fraction of sp³-hybridized carbons (Fsp3) is 0.412. The van der Waals surface area contributed by atoms with Gasteiger partial charge in [-0.2, -0.15) is 0 Å². The monoisotopic (exact) mass is 285 g/mol. The molecule has 21 heavy (non-hydrogen) atoms. The maximum Gasteiger partial charge on any atom is 0.326 e. The van der Waals surface area contributed by atoms with Gasteiger partial charge in [0.2, 0.25) is 5.91 Å². The Morgan fingerprint density at radius 3 is 2.67 bits per heavy atom. The SMILES string of the molecule is C#CCCCCC(=O)N1Cc2ccccc2C[C@@H]1C(=O)O. The highest BCUT2D eigenvalue weighted by molar-refractivity contribution is 5.84. The normalized spacial score (nSPS) is 16.9. The summed E-state index contributed by atoms with van der Waals surface area (Å²) in [5.74, 6) is 1.50. The second kappa shape index (κ2) is 6.94. The Bertz CT molecular complexity index is 574. The molecule has 0 unspecified atom stereocenters. The highest BCUT2D eigenvalue weighted by atomic mass is 16.4. The van der Waals surface area contributed by atoms with Gasteiger partial charge in [-0.15, -0.1) is 12.3 Å². The van der Waals surface area contributed by atoms with Crippen LogP contribution in [0.3, 0.4) is 0 Å². The summed E-state index contributed by atoms with van der Waals surface area (Å²) in [6.45, 7) is 0.376. The molecule has 1 heterocycles. The third kappa shape index (κ3) is 3.63. The number of carboxylic acids is 1. The van der Waals surface area contributed by atoms with Crippen LogP contribution in [0.5, 0.6) is 0 Å². The zero-order valence-electron chi connectivity index (χ0n) is 11.9. The van der Waals surface area contributed by atoms with Crippen LogP contribution in [0.2, 0.25) is 0 Å². The van der Waals surface area contributed by atoms with E-state index in [0.717, 1.165) is 17.5 Å². The molecule has 0 radical (unpaired) electrons. The van der Waals surface area contributed by atoms with Crippen molar-refractivity contribution in [1.29, 1.82) is 0 Å². The Morgan fingerprint density at radius 1 is 1.29 bits per heavy atom. The number of carboxylic acid groups (broad SMARTS) is 1. The molecule has 1 N–H and O–H groups in total. The Morgan fingerprint density at radius 2 is 2.00 bits per heavy atom. The maximum absolute atomic E-state index is 12.3. The van der Waals surface area contributed by atoms with E-state index in [2.05, 4.69) is 5.92 Å². The predicted molar refractivity (Wildman–Crippen MR) is 79.4 cm³/mol. The Hall–Kier alpha value is -2.28. The number of fused-ring (bicyclic) bond motifs is 1. The first-order valence-corrected chi connectivity index (χ1v) is 7.16. The van der Waals surface area contributed by atoms with Gasteiger partial charge in [-0.25, -0.2) is 4.79 Å². The Kier molecular flexibility index (Phi) is 4.99. The number of rotatable bonds is 5. The van der Waals surface area contributed by atoms with Crippen molar-refractivity contribution in [3.63, 3.8) is 0 Å². The van der Waals surface area contributed by atoms with E-state index in [9.17, 15) is 14.7 Å². The van der Waals surface area contributed by atoms with E-state index in [1.165, 1.54) is 4.90 Å². The van der Waals surface area contributed by atoms with E-state index in [1.807, 2.05) is 24.3 Å². The molecule has 0 saturated heterocycles. The number of carbonyl (C=O) groups is 2. The van der Waals surface area contributed by atoms with Crippen molar-refractivity contribution in [1.82, 2.24) is 4.90 Å². The molecule has 1 atom stereocenters. The van der Waals surface area contributed by atoms with E-state index < -0.39 is 12.0 Å². The number of nitrogens with zero attached hydrogens (tertiary/aromatic N) is 1. The van der Waals surface area contributed by atoms with Crippen molar-refractivity contribution in [3.05, 3.63) is 35.4 Å². The molecule has 1 amide bonds. The summed E-state index contributed by atoms with van der Waals surface area (Å²) in [7, 11) is 0. The van der Waals surface area contributed by atoms with Gasteiger partial charge in [0, 0.05) is 25.8 Å². The van der Waals surface area contributed by atoms with Gasteiger partial charge in [0.1, 0.15) is 6.04 Å². The molecule has 2 rings (SSSR count). The largest absolute Gasteiger partial charge is 0.480 e. The number of carbonyl (C=O) groups excluding carboxylic acids is 1. The molecule has 1 aliphatic heterocycles. The van der Waals surface area contributed by atoms with E-state index in [1.54, 1.807) is 0 Å². The first-order chi connectivity index (χ1) is 10.1. The van der Waals surface area contributed by atoms with E-state index in [-0.39, 0.29) is 5.91 Å². The summed E-state index contributed by atoms with van der Waals surface area (Å²) in [4.78, 5) is 25.2. The third-order valence-electron chi connectivity index (χ3n) is 3.82. The van der Waals surface area contributed by atoms with Crippen LogP contribution in [0, 0.1) is 12.3 Å². The highest BCUT2D eigenvalue weighted by Crippen LogP contribution is 2.24. The minimum Gasteiger partial charge on any atom is -0.480 e. The lowest BCUT2D eigenvalue weighted by molar-refractivity contribution is -0.151. The number of aliphatic carboxylic acids is 1. The zero-order valence-corrected chi connectivity index (χ0v) is 11.9. The summed E-state index contributed by atoms with van der Waals surface area (Å²) in [6, 6.07) is 6.93. The minimum absolute atomic E-state index is 0.103. The van der Waals surface area contributed by atoms with E-state index in [0.29, 0.717) is 32.2 Å². The molecule has 0 aromatic heterocycles. The fourth-order valence-corrected chi connectivity index (χ4v) is 2.65. The molecular formula is C17H19NO3. The number of hydrogen-bond acceptors (Lipinski definition) is 2. The molecule has 0 aliphatic carbocycles. The van der Waals surface area contributed by atoms with Crippen molar-refractivity contribution in [2.45, 2.75) is 44.7 Å². The molecule has 1 aromatic carbocycles. The van der Waals surface area contributed by atoms with Crippen molar-refractivity contribution in [2.75, 3.05) is 0 Å². The molecule has 0 bridgehead atoms. The quantitative estimate of drug-likeness (QED) is 0.666. The smallest absolute Gasteiger partial charge is 0.326 e. The topological polar surface area (TPSA) is 57.6 Å². The summed E-state index contributed by atoms with van der Waals surface area (Å²) < 4.78 is 0. The molecule has 0 spiro atoms. The van der Waals surface area contributed by atoms with Gasteiger partial charge in [-0.3, -0.25) is 4.79 Å². The first kappa shape index (κ1) is 15.1. The van der Waals surface area contributed by atoms with Gasteiger partial charge in [-0.05, 0) is 24.0 Å². The summed E-state index contributed by atoms with van der Waals surface area (Å²) in [6.07, 6.45) is 8.06. The van der Waals surface area contributed by atoms with Gasteiger partial charge < -0.3 is 10.0 Å². The maximum atomic E-state index is 12.3. The molecule has 0 fully saturated rings. The Labute approximate surface area is 124 Å². The highest BCUT2D eigenvalue weighted by Gasteiger charge is 2.33. The third-order valence-corrected chi connectivity index (χ3v) is 3.82. The van der Waals surface area contributed by atoms with Gasteiger partial charge in [0.15, 0.2) is 0 Å². The van der Waals surface area contributed by atoms with Crippen LogP contribution >= 0.6 is 0 Å². The lowest BCUT2D eigenvalue weighted by atomic mass is 9.93. The van der Waals surface area contributed by atoms with E-state index >= 15 is 0 Å².